The normalized spacial score (nSPS) is 20.4. The van der Waals surface area contributed by atoms with Gasteiger partial charge in [-0.05, 0) is 19.1 Å². The first-order valence-electron chi connectivity index (χ1n) is 7.61. The molecule has 1 aromatic heterocycles. The molecule has 122 valence electrons. The number of carbonyl (C=O) groups is 1. The predicted molar refractivity (Wildman–Crippen MR) is 86.0 cm³/mol. The smallest absolute Gasteiger partial charge is 0.322 e. The Morgan fingerprint density at radius 1 is 1.52 bits per heavy atom. The molecule has 2 atom stereocenters. The van der Waals surface area contributed by atoms with Crippen LogP contribution in [0.4, 0.5) is 10.5 Å². The van der Waals surface area contributed by atoms with Crippen molar-refractivity contribution in [1.82, 2.24) is 14.9 Å². The summed E-state index contributed by atoms with van der Waals surface area (Å²) in [5, 5.41) is 12.8. The van der Waals surface area contributed by atoms with E-state index in [0.717, 1.165) is 11.3 Å². The van der Waals surface area contributed by atoms with E-state index in [1.807, 2.05) is 31.2 Å². The number of hydrogen-bond donors (Lipinski definition) is 3. The zero-order chi connectivity index (χ0) is 16.2. The first-order chi connectivity index (χ1) is 11.2. The van der Waals surface area contributed by atoms with Gasteiger partial charge in [-0.25, -0.2) is 9.78 Å². The number of urea groups is 1. The number of amides is 2. The summed E-state index contributed by atoms with van der Waals surface area (Å²) >= 11 is 0. The number of imidazole rings is 1. The van der Waals surface area contributed by atoms with Crippen molar-refractivity contribution >= 4 is 11.7 Å². The van der Waals surface area contributed by atoms with Crippen molar-refractivity contribution in [2.75, 3.05) is 25.1 Å². The zero-order valence-corrected chi connectivity index (χ0v) is 12.9. The van der Waals surface area contributed by atoms with Crippen LogP contribution in [0.1, 0.15) is 6.92 Å². The van der Waals surface area contributed by atoms with Gasteiger partial charge in [-0.1, -0.05) is 12.1 Å². The van der Waals surface area contributed by atoms with Crippen molar-refractivity contribution in [2.45, 2.75) is 19.1 Å². The van der Waals surface area contributed by atoms with Gasteiger partial charge < -0.3 is 25.0 Å². The summed E-state index contributed by atoms with van der Waals surface area (Å²) in [5.74, 6) is 0. The van der Waals surface area contributed by atoms with Gasteiger partial charge in [0.25, 0.3) is 0 Å². The van der Waals surface area contributed by atoms with Gasteiger partial charge in [0.1, 0.15) is 0 Å². The lowest BCUT2D eigenvalue weighted by molar-refractivity contribution is 0.1000. The highest BCUT2D eigenvalue weighted by Crippen LogP contribution is 2.21. The maximum absolute atomic E-state index is 12.5. The summed E-state index contributed by atoms with van der Waals surface area (Å²) < 4.78 is 5.24. The highest BCUT2D eigenvalue weighted by molar-refractivity contribution is 5.90. The Kier molecular flexibility index (Phi) is 4.59. The second-order valence-electron chi connectivity index (χ2n) is 5.43. The molecule has 7 nitrogen and oxygen atoms in total. The number of aliphatic hydroxyl groups excluding tert-OH is 1. The molecule has 1 saturated heterocycles. The molecule has 0 aliphatic carbocycles. The summed E-state index contributed by atoms with van der Waals surface area (Å²) in [6.45, 7) is 3.00. The number of aromatic nitrogens is 2. The van der Waals surface area contributed by atoms with Gasteiger partial charge in [0, 0.05) is 17.8 Å². The number of anilines is 1. The van der Waals surface area contributed by atoms with Crippen LogP contribution >= 0.6 is 0 Å². The number of ether oxygens (including phenoxy) is 1. The van der Waals surface area contributed by atoms with Crippen molar-refractivity contribution in [3.05, 3.63) is 36.8 Å². The first kappa shape index (κ1) is 15.5. The summed E-state index contributed by atoms with van der Waals surface area (Å²) in [6, 6.07) is 6.96. The van der Waals surface area contributed by atoms with E-state index in [0.29, 0.717) is 18.8 Å². The minimum absolute atomic E-state index is 0.246. The van der Waals surface area contributed by atoms with E-state index in [-0.39, 0.29) is 18.7 Å². The van der Waals surface area contributed by atoms with Crippen LogP contribution in [-0.2, 0) is 4.74 Å². The van der Waals surface area contributed by atoms with Gasteiger partial charge >= 0.3 is 6.03 Å². The summed E-state index contributed by atoms with van der Waals surface area (Å²) in [5.41, 5.74) is 2.51. The van der Waals surface area contributed by atoms with Gasteiger partial charge in [0.2, 0.25) is 0 Å². The van der Waals surface area contributed by atoms with Crippen LogP contribution in [-0.4, -0.2) is 57.9 Å². The van der Waals surface area contributed by atoms with Crippen LogP contribution in [0.25, 0.3) is 11.3 Å². The second-order valence-corrected chi connectivity index (χ2v) is 5.43. The van der Waals surface area contributed by atoms with Crippen molar-refractivity contribution in [2.24, 2.45) is 0 Å². The van der Waals surface area contributed by atoms with E-state index in [9.17, 15) is 9.90 Å². The van der Waals surface area contributed by atoms with Crippen molar-refractivity contribution in [3.63, 3.8) is 0 Å². The average molecular weight is 316 g/mol. The Bertz CT molecular complexity index is 659. The molecule has 1 aliphatic rings. The Morgan fingerprint density at radius 2 is 2.39 bits per heavy atom. The minimum atomic E-state index is -0.642. The third kappa shape index (κ3) is 3.35. The Labute approximate surface area is 134 Å². The lowest BCUT2D eigenvalue weighted by Crippen LogP contribution is -2.48. The van der Waals surface area contributed by atoms with Crippen LogP contribution in [0.15, 0.2) is 36.8 Å². The molecule has 0 radical (unpaired) electrons. The summed E-state index contributed by atoms with van der Waals surface area (Å²) in [7, 11) is 0. The number of nitrogens with zero attached hydrogens (tertiary/aromatic N) is 2. The maximum Gasteiger partial charge on any atom is 0.322 e. The molecule has 3 N–H and O–H groups in total. The molecule has 3 rings (SSSR count). The van der Waals surface area contributed by atoms with E-state index in [2.05, 4.69) is 15.3 Å². The standard InChI is InChI=1S/C16H20N4O3/c1-2-20(14-8-23-9-15(14)21)16(22)19-12-5-3-4-11(6-12)13-7-17-10-18-13/h3-7,10,14-15,21H,2,8-9H2,1H3,(H,17,18)(H,19,22)/t14-,15-/m1/s1. The monoisotopic (exact) mass is 316 g/mol. The number of likely N-dealkylation sites (N-methyl/N-ethyl adjacent to an activating group) is 1. The molecular weight excluding hydrogens is 296 g/mol. The average Bonchev–Trinajstić information content (AvgIpc) is 3.21. The fourth-order valence-corrected chi connectivity index (χ4v) is 2.73. The predicted octanol–water partition coefficient (Wildman–Crippen LogP) is 1.69. The van der Waals surface area contributed by atoms with Crippen LogP contribution in [0.3, 0.4) is 0 Å². The van der Waals surface area contributed by atoms with E-state index >= 15 is 0 Å². The Balaban J connectivity index is 1.73. The van der Waals surface area contributed by atoms with Gasteiger partial charge in [-0.15, -0.1) is 0 Å². The topological polar surface area (TPSA) is 90.5 Å². The highest BCUT2D eigenvalue weighted by Gasteiger charge is 2.33. The first-order valence-corrected chi connectivity index (χ1v) is 7.61. The van der Waals surface area contributed by atoms with E-state index in [1.54, 1.807) is 17.4 Å². The molecule has 0 spiro atoms. The van der Waals surface area contributed by atoms with Gasteiger partial charge in [-0.3, -0.25) is 0 Å². The van der Waals surface area contributed by atoms with Crippen molar-refractivity contribution in [1.29, 1.82) is 0 Å². The number of aromatic amines is 1. The number of benzene rings is 1. The zero-order valence-electron chi connectivity index (χ0n) is 12.9. The molecule has 23 heavy (non-hydrogen) atoms. The molecule has 0 bridgehead atoms. The lowest BCUT2D eigenvalue weighted by Gasteiger charge is -2.28. The molecule has 0 saturated carbocycles. The molecule has 2 amide bonds. The Hall–Kier alpha value is -2.38. The highest BCUT2D eigenvalue weighted by atomic mass is 16.5. The lowest BCUT2D eigenvalue weighted by atomic mass is 10.1. The number of aliphatic hydroxyl groups is 1. The number of H-pyrrole nitrogens is 1. The maximum atomic E-state index is 12.5. The minimum Gasteiger partial charge on any atom is -0.388 e. The number of rotatable bonds is 4. The number of nitrogens with one attached hydrogen (secondary N) is 2. The molecule has 1 fully saturated rings. The molecule has 2 aromatic rings. The van der Waals surface area contributed by atoms with Crippen LogP contribution in [0, 0.1) is 0 Å². The van der Waals surface area contributed by atoms with Crippen LogP contribution in [0.5, 0.6) is 0 Å². The number of hydrogen-bond acceptors (Lipinski definition) is 4. The quantitative estimate of drug-likeness (QED) is 0.800. The SMILES string of the molecule is CCN(C(=O)Nc1cccc(-c2cnc[nH]2)c1)[C@@H]1COC[C@H]1O. The van der Waals surface area contributed by atoms with E-state index in [4.69, 9.17) is 4.74 Å². The second kappa shape index (κ2) is 6.80. The summed E-state index contributed by atoms with van der Waals surface area (Å²) in [6.07, 6.45) is 2.70. The third-order valence-corrected chi connectivity index (χ3v) is 3.95. The fraction of sp³-hybridized carbons (Fsp3) is 0.375. The van der Waals surface area contributed by atoms with Crippen LogP contribution in [0.2, 0.25) is 0 Å². The molecule has 1 aliphatic heterocycles. The Morgan fingerprint density at radius 3 is 3.04 bits per heavy atom. The molecule has 1 aromatic carbocycles. The van der Waals surface area contributed by atoms with E-state index in [1.165, 1.54) is 0 Å². The van der Waals surface area contributed by atoms with Gasteiger partial charge in [0.15, 0.2) is 0 Å². The van der Waals surface area contributed by atoms with Crippen molar-refractivity contribution < 1.29 is 14.6 Å². The van der Waals surface area contributed by atoms with Crippen molar-refractivity contribution in [3.8, 4) is 11.3 Å². The van der Waals surface area contributed by atoms with Gasteiger partial charge in [0.05, 0.1) is 43.6 Å². The third-order valence-electron chi connectivity index (χ3n) is 3.95. The summed E-state index contributed by atoms with van der Waals surface area (Å²) in [4.78, 5) is 21.1. The van der Waals surface area contributed by atoms with Crippen LogP contribution < -0.4 is 5.32 Å². The molecule has 0 unspecified atom stereocenters. The molecule has 2 heterocycles. The molecule has 7 heteroatoms. The van der Waals surface area contributed by atoms with E-state index < -0.39 is 6.10 Å². The number of carbonyl (C=O) groups excluding carboxylic acids is 1. The fourth-order valence-electron chi connectivity index (χ4n) is 2.73. The van der Waals surface area contributed by atoms with Gasteiger partial charge in [-0.2, -0.15) is 0 Å². The molecular formula is C16H20N4O3. The largest absolute Gasteiger partial charge is 0.388 e.